The van der Waals surface area contributed by atoms with E-state index in [2.05, 4.69) is 4.98 Å². The minimum absolute atomic E-state index is 0.0103. The molecule has 1 amide bonds. The lowest BCUT2D eigenvalue weighted by Gasteiger charge is -2.31. The Morgan fingerprint density at radius 1 is 1.08 bits per heavy atom. The second-order valence-electron chi connectivity index (χ2n) is 7.36. The van der Waals surface area contributed by atoms with Crippen LogP contribution in [0.5, 0.6) is 0 Å². The van der Waals surface area contributed by atoms with E-state index in [9.17, 15) is 9.59 Å². The van der Waals surface area contributed by atoms with E-state index in [4.69, 9.17) is 0 Å². The third-order valence-electron chi connectivity index (χ3n) is 5.66. The highest BCUT2D eigenvalue weighted by atomic mass is 32.1. The van der Waals surface area contributed by atoms with Gasteiger partial charge >= 0.3 is 0 Å². The summed E-state index contributed by atoms with van der Waals surface area (Å²) >= 11 is 1.49. The fraction of sp³-hybridized carbons (Fsp3) is 0.550. The summed E-state index contributed by atoms with van der Waals surface area (Å²) in [6.45, 7) is 1.43. The number of hydrogen-bond donors (Lipinski definition) is 0. The summed E-state index contributed by atoms with van der Waals surface area (Å²) in [7, 11) is 0. The third-order valence-corrected chi connectivity index (χ3v) is 6.71. The molecule has 1 aliphatic carbocycles. The maximum Gasteiger partial charge on any atom is 0.222 e. The molecule has 0 bridgehead atoms. The number of piperidine rings is 1. The molecule has 2 heterocycles. The zero-order valence-corrected chi connectivity index (χ0v) is 15.3. The Morgan fingerprint density at radius 2 is 1.80 bits per heavy atom. The number of para-hydroxylation sites is 1. The number of fused-ring (bicyclic) bond motifs is 1. The Bertz CT molecular complexity index is 738. The number of thiazole rings is 1. The molecule has 4 rings (SSSR count). The Balaban J connectivity index is 1.34. The quantitative estimate of drug-likeness (QED) is 0.768. The molecule has 132 valence electrons. The lowest BCUT2D eigenvalue weighted by atomic mass is 9.92. The Hall–Kier alpha value is -1.75. The molecule has 0 radical (unpaired) electrons. The largest absolute Gasteiger partial charge is 0.343 e. The number of carbonyl (C=O) groups excluding carboxylic acids is 2. The van der Waals surface area contributed by atoms with Crippen LogP contribution in [-0.2, 0) is 4.79 Å². The minimum Gasteiger partial charge on any atom is -0.343 e. The van der Waals surface area contributed by atoms with Crippen molar-refractivity contribution in [3.05, 3.63) is 29.3 Å². The molecular weight excluding hydrogens is 332 g/mol. The maximum absolute atomic E-state index is 12.8. The molecule has 4 nitrogen and oxygen atoms in total. The van der Waals surface area contributed by atoms with Gasteiger partial charge in [-0.2, -0.15) is 0 Å². The van der Waals surface area contributed by atoms with Crippen LogP contribution in [0.1, 0.15) is 54.7 Å². The number of nitrogens with zero attached hydrogens (tertiary/aromatic N) is 2. The number of rotatable bonds is 4. The first-order chi connectivity index (χ1) is 12.2. The van der Waals surface area contributed by atoms with Crippen molar-refractivity contribution in [2.75, 3.05) is 13.1 Å². The summed E-state index contributed by atoms with van der Waals surface area (Å²) in [6, 6.07) is 7.88. The van der Waals surface area contributed by atoms with Crippen molar-refractivity contribution in [3.8, 4) is 0 Å². The summed E-state index contributed by atoms with van der Waals surface area (Å²) in [5.41, 5.74) is 0.903. The number of amides is 1. The highest BCUT2D eigenvalue weighted by Crippen LogP contribution is 2.30. The molecule has 1 saturated carbocycles. The van der Waals surface area contributed by atoms with Crippen molar-refractivity contribution in [2.24, 2.45) is 11.8 Å². The van der Waals surface area contributed by atoms with E-state index in [-0.39, 0.29) is 17.6 Å². The van der Waals surface area contributed by atoms with Crippen LogP contribution >= 0.6 is 11.3 Å². The molecule has 1 aromatic carbocycles. The number of Topliss-reactive ketones (excluding diaryl/α,β-unsaturated/α-hetero) is 1. The van der Waals surface area contributed by atoms with Crippen molar-refractivity contribution in [2.45, 2.75) is 44.9 Å². The fourth-order valence-electron chi connectivity index (χ4n) is 4.13. The molecular formula is C20H24N2O2S. The van der Waals surface area contributed by atoms with Crippen molar-refractivity contribution >= 4 is 33.2 Å². The van der Waals surface area contributed by atoms with Gasteiger partial charge in [-0.1, -0.05) is 25.0 Å². The Kier molecular flexibility index (Phi) is 4.84. The molecule has 0 N–H and O–H groups in total. The summed E-state index contributed by atoms with van der Waals surface area (Å²) < 4.78 is 1.06. The van der Waals surface area contributed by atoms with Gasteiger partial charge in [-0.15, -0.1) is 11.3 Å². The highest BCUT2D eigenvalue weighted by Gasteiger charge is 2.30. The maximum atomic E-state index is 12.8. The number of hydrogen-bond acceptors (Lipinski definition) is 4. The summed E-state index contributed by atoms with van der Waals surface area (Å²) in [5, 5.41) is 0.622. The van der Waals surface area contributed by atoms with Gasteiger partial charge in [-0.05, 0) is 43.7 Å². The minimum atomic E-state index is 0.0103. The van der Waals surface area contributed by atoms with Gasteiger partial charge in [0.2, 0.25) is 5.91 Å². The van der Waals surface area contributed by atoms with E-state index < -0.39 is 0 Å². The molecule has 2 aliphatic rings. The van der Waals surface area contributed by atoms with Gasteiger partial charge in [0.1, 0.15) is 0 Å². The van der Waals surface area contributed by atoms with Gasteiger partial charge in [0, 0.05) is 25.4 Å². The van der Waals surface area contributed by atoms with Crippen LogP contribution in [0, 0.1) is 11.8 Å². The Labute approximate surface area is 152 Å². The molecule has 0 unspecified atom stereocenters. The first-order valence-electron chi connectivity index (χ1n) is 9.38. The normalized spacial score (nSPS) is 19.6. The molecule has 1 saturated heterocycles. The molecule has 25 heavy (non-hydrogen) atoms. The average molecular weight is 356 g/mol. The monoisotopic (exact) mass is 356 g/mol. The second-order valence-corrected chi connectivity index (χ2v) is 8.39. The smallest absolute Gasteiger partial charge is 0.222 e. The number of ketones is 1. The fourth-order valence-corrected chi connectivity index (χ4v) is 5.12. The third kappa shape index (κ3) is 3.61. The zero-order chi connectivity index (χ0) is 17.2. The molecule has 1 aromatic heterocycles. The topological polar surface area (TPSA) is 50.3 Å². The first kappa shape index (κ1) is 16.7. The van der Waals surface area contributed by atoms with Gasteiger partial charge < -0.3 is 4.90 Å². The number of aromatic nitrogens is 1. The predicted octanol–water partition coefficient (Wildman–Crippen LogP) is 4.30. The van der Waals surface area contributed by atoms with Gasteiger partial charge in [0.25, 0.3) is 0 Å². The lowest BCUT2D eigenvalue weighted by Crippen LogP contribution is -2.40. The van der Waals surface area contributed by atoms with E-state index in [1.807, 2.05) is 29.2 Å². The van der Waals surface area contributed by atoms with E-state index in [0.29, 0.717) is 30.4 Å². The van der Waals surface area contributed by atoms with Crippen LogP contribution in [0.4, 0.5) is 0 Å². The molecule has 5 heteroatoms. The lowest BCUT2D eigenvalue weighted by molar-refractivity contribution is -0.133. The van der Waals surface area contributed by atoms with Gasteiger partial charge in [0.05, 0.1) is 10.2 Å². The molecule has 0 atom stereocenters. The van der Waals surface area contributed by atoms with Crippen molar-refractivity contribution in [1.29, 1.82) is 0 Å². The van der Waals surface area contributed by atoms with Gasteiger partial charge in [-0.3, -0.25) is 9.59 Å². The second kappa shape index (κ2) is 7.24. The van der Waals surface area contributed by atoms with Crippen LogP contribution < -0.4 is 0 Å². The SMILES string of the molecule is O=C(c1nc2ccccc2s1)C1CCN(C(=O)CC2CCCC2)CC1. The molecule has 1 aliphatic heterocycles. The van der Waals surface area contributed by atoms with Crippen molar-refractivity contribution < 1.29 is 9.59 Å². The summed E-state index contributed by atoms with van der Waals surface area (Å²) in [5.74, 6) is 1.05. The predicted molar refractivity (Wildman–Crippen MR) is 99.8 cm³/mol. The van der Waals surface area contributed by atoms with E-state index >= 15 is 0 Å². The van der Waals surface area contributed by atoms with E-state index in [1.54, 1.807) is 0 Å². The zero-order valence-electron chi connectivity index (χ0n) is 14.4. The average Bonchev–Trinajstić information content (AvgIpc) is 3.30. The number of likely N-dealkylation sites (tertiary alicyclic amines) is 1. The van der Waals surface area contributed by atoms with Crippen LogP contribution in [0.25, 0.3) is 10.2 Å². The van der Waals surface area contributed by atoms with Crippen molar-refractivity contribution in [1.82, 2.24) is 9.88 Å². The molecule has 2 fully saturated rings. The van der Waals surface area contributed by atoms with Crippen LogP contribution in [0.3, 0.4) is 0 Å². The van der Waals surface area contributed by atoms with E-state index in [0.717, 1.165) is 23.1 Å². The van der Waals surface area contributed by atoms with Crippen LogP contribution in [0.2, 0.25) is 0 Å². The number of carbonyl (C=O) groups is 2. The van der Waals surface area contributed by atoms with Crippen molar-refractivity contribution in [3.63, 3.8) is 0 Å². The summed E-state index contributed by atoms with van der Waals surface area (Å²) in [6.07, 6.45) is 7.21. The standard InChI is InChI=1S/C20H24N2O2S/c23-18(13-14-5-1-2-6-14)22-11-9-15(10-12-22)19(24)20-21-16-7-3-4-8-17(16)25-20/h3-4,7-8,14-15H,1-2,5-6,9-13H2. The van der Waals surface area contributed by atoms with Gasteiger partial charge in [0.15, 0.2) is 10.8 Å². The number of benzene rings is 1. The van der Waals surface area contributed by atoms with Crippen LogP contribution in [-0.4, -0.2) is 34.7 Å². The van der Waals surface area contributed by atoms with Gasteiger partial charge in [-0.25, -0.2) is 4.98 Å². The highest BCUT2D eigenvalue weighted by molar-refractivity contribution is 7.20. The molecule has 2 aromatic rings. The van der Waals surface area contributed by atoms with E-state index in [1.165, 1.54) is 37.0 Å². The van der Waals surface area contributed by atoms with Crippen LogP contribution in [0.15, 0.2) is 24.3 Å². The molecule has 0 spiro atoms. The Morgan fingerprint density at radius 3 is 2.52 bits per heavy atom. The first-order valence-corrected chi connectivity index (χ1v) is 10.2. The summed E-state index contributed by atoms with van der Waals surface area (Å²) in [4.78, 5) is 31.7.